The van der Waals surface area contributed by atoms with Gasteiger partial charge in [0.25, 0.3) is 0 Å². The fourth-order valence-electron chi connectivity index (χ4n) is 1.66. The van der Waals surface area contributed by atoms with Crippen LogP contribution in [0.4, 0.5) is 5.69 Å². The third kappa shape index (κ3) is 3.75. The molecule has 0 unspecified atom stereocenters. The molecule has 0 aliphatic carbocycles. The van der Waals surface area contributed by atoms with Crippen LogP contribution >= 0.6 is 15.9 Å². The molecule has 0 atom stereocenters. The molecular weight excluding hydrogens is 308 g/mol. The molecule has 1 N–H and O–H groups in total. The molecule has 19 heavy (non-hydrogen) atoms. The molecule has 0 aliphatic rings. The van der Waals surface area contributed by atoms with E-state index in [-0.39, 0.29) is 18.6 Å². The van der Waals surface area contributed by atoms with Crippen molar-refractivity contribution in [3.8, 4) is 0 Å². The lowest BCUT2D eigenvalue weighted by Gasteiger charge is -2.10. The van der Waals surface area contributed by atoms with Crippen LogP contribution in [0.15, 0.2) is 34.9 Å². The molecule has 1 heterocycles. The van der Waals surface area contributed by atoms with Crippen LogP contribution in [-0.2, 0) is 9.53 Å². The smallest absolute Gasteiger partial charge is 0.250 e. The highest BCUT2D eigenvalue weighted by Gasteiger charge is 2.08. The molecule has 2 rings (SSSR count). The van der Waals surface area contributed by atoms with Gasteiger partial charge in [-0.3, -0.25) is 9.78 Å². The summed E-state index contributed by atoms with van der Waals surface area (Å²) < 4.78 is 6.18. The number of ether oxygens (including phenoxy) is 1. The summed E-state index contributed by atoms with van der Waals surface area (Å²) in [5, 5.41) is 3.79. The summed E-state index contributed by atoms with van der Waals surface area (Å²) in [6, 6.07) is 7.63. The van der Waals surface area contributed by atoms with Crippen LogP contribution in [0.25, 0.3) is 10.9 Å². The van der Waals surface area contributed by atoms with Crippen molar-refractivity contribution in [3.05, 3.63) is 34.9 Å². The molecule has 0 saturated heterocycles. The number of halogens is 1. The number of carbonyl (C=O) groups is 1. The lowest BCUT2D eigenvalue weighted by molar-refractivity contribution is -0.121. The standard InChI is InChI=1S/C14H15BrN2O2/c1-9(2)19-8-13(18)17-12-5-3-4-10-6-11(15)7-16-14(10)12/h3-7,9H,8H2,1-2H3,(H,17,18). The fourth-order valence-corrected chi connectivity index (χ4v) is 2.01. The first-order valence-corrected chi connectivity index (χ1v) is 6.81. The van der Waals surface area contributed by atoms with Crippen LogP contribution in [0.5, 0.6) is 0 Å². The van der Waals surface area contributed by atoms with Gasteiger partial charge >= 0.3 is 0 Å². The van der Waals surface area contributed by atoms with Gasteiger partial charge in [0.15, 0.2) is 0 Å². The predicted molar refractivity (Wildman–Crippen MR) is 79.2 cm³/mol. The van der Waals surface area contributed by atoms with Gasteiger partial charge in [-0.25, -0.2) is 0 Å². The molecule has 0 spiro atoms. The van der Waals surface area contributed by atoms with Gasteiger partial charge in [0.05, 0.1) is 17.3 Å². The molecule has 4 nitrogen and oxygen atoms in total. The molecular formula is C14H15BrN2O2. The van der Waals surface area contributed by atoms with Gasteiger partial charge in [0.2, 0.25) is 5.91 Å². The number of nitrogens with one attached hydrogen (secondary N) is 1. The molecule has 100 valence electrons. The Balaban J connectivity index is 2.19. The van der Waals surface area contributed by atoms with Gasteiger partial charge in [0, 0.05) is 16.1 Å². The first-order chi connectivity index (χ1) is 9.06. The average molecular weight is 323 g/mol. The van der Waals surface area contributed by atoms with E-state index in [4.69, 9.17) is 4.74 Å². The Morgan fingerprint density at radius 3 is 3.00 bits per heavy atom. The first kappa shape index (κ1) is 14.0. The summed E-state index contributed by atoms with van der Waals surface area (Å²) >= 11 is 3.38. The van der Waals surface area contributed by atoms with E-state index in [9.17, 15) is 4.79 Å². The van der Waals surface area contributed by atoms with Crippen LogP contribution in [-0.4, -0.2) is 23.6 Å². The average Bonchev–Trinajstić information content (AvgIpc) is 2.36. The van der Waals surface area contributed by atoms with Crippen molar-refractivity contribution in [2.24, 2.45) is 0 Å². The Labute approximate surface area is 120 Å². The molecule has 0 fully saturated rings. The number of nitrogens with zero attached hydrogens (tertiary/aromatic N) is 1. The molecule has 1 amide bonds. The zero-order valence-electron chi connectivity index (χ0n) is 10.8. The maximum Gasteiger partial charge on any atom is 0.250 e. The zero-order valence-corrected chi connectivity index (χ0v) is 12.4. The second-order valence-corrected chi connectivity index (χ2v) is 5.35. The number of anilines is 1. The summed E-state index contributed by atoms with van der Waals surface area (Å²) in [5.74, 6) is -0.175. The SMILES string of the molecule is CC(C)OCC(=O)Nc1cccc2cc(Br)cnc12. The van der Waals surface area contributed by atoms with Gasteiger partial charge in [-0.2, -0.15) is 0 Å². The van der Waals surface area contributed by atoms with Gasteiger partial charge in [-0.1, -0.05) is 12.1 Å². The van der Waals surface area contributed by atoms with Crippen molar-refractivity contribution in [1.82, 2.24) is 4.98 Å². The number of fused-ring (bicyclic) bond motifs is 1. The van der Waals surface area contributed by atoms with Gasteiger partial charge in [0.1, 0.15) is 6.61 Å². The summed E-state index contributed by atoms with van der Waals surface area (Å²) in [7, 11) is 0. The minimum absolute atomic E-state index is 0.0346. The monoisotopic (exact) mass is 322 g/mol. The molecule has 1 aromatic heterocycles. The second-order valence-electron chi connectivity index (χ2n) is 4.44. The predicted octanol–water partition coefficient (Wildman–Crippen LogP) is 3.36. The Morgan fingerprint density at radius 2 is 2.26 bits per heavy atom. The summed E-state index contributed by atoms with van der Waals surface area (Å²) in [6.07, 6.45) is 1.75. The van der Waals surface area contributed by atoms with Crippen molar-refractivity contribution in [2.75, 3.05) is 11.9 Å². The highest BCUT2D eigenvalue weighted by Crippen LogP contribution is 2.23. The van der Waals surface area contributed by atoms with Gasteiger partial charge in [-0.05, 0) is 41.9 Å². The minimum atomic E-state index is -0.175. The Kier molecular flexibility index (Phi) is 4.50. The number of hydrogen-bond donors (Lipinski definition) is 1. The van der Waals surface area contributed by atoms with E-state index in [1.165, 1.54) is 0 Å². The third-order valence-electron chi connectivity index (χ3n) is 2.50. The lowest BCUT2D eigenvalue weighted by atomic mass is 10.2. The normalized spacial score (nSPS) is 10.9. The molecule has 2 aromatic rings. The maximum absolute atomic E-state index is 11.8. The van der Waals surface area contributed by atoms with Crippen molar-refractivity contribution >= 4 is 38.4 Å². The molecule has 0 aliphatic heterocycles. The van der Waals surface area contributed by atoms with Crippen LogP contribution in [0.3, 0.4) is 0 Å². The number of carbonyl (C=O) groups excluding carboxylic acids is 1. The zero-order chi connectivity index (χ0) is 13.8. The summed E-state index contributed by atoms with van der Waals surface area (Å²) in [5.41, 5.74) is 1.46. The molecule has 0 radical (unpaired) electrons. The van der Waals surface area contributed by atoms with E-state index in [1.54, 1.807) is 6.20 Å². The highest BCUT2D eigenvalue weighted by atomic mass is 79.9. The van der Waals surface area contributed by atoms with Crippen molar-refractivity contribution < 1.29 is 9.53 Å². The van der Waals surface area contributed by atoms with Crippen molar-refractivity contribution in [3.63, 3.8) is 0 Å². The van der Waals surface area contributed by atoms with Gasteiger partial charge in [-0.15, -0.1) is 0 Å². The van der Waals surface area contributed by atoms with E-state index < -0.39 is 0 Å². The minimum Gasteiger partial charge on any atom is -0.369 e. The number of amides is 1. The van der Waals surface area contributed by atoms with Crippen LogP contribution in [0.1, 0.15) is 13.8 Å². The number of hydrogen-bond acceptors (Lipinski definition) is 3. The number of benzene rings is 1. The van der Waals surface area contributed by atoms with E-state index >= 15 is 0 Å². The van der Waals surface area contributed by atoms with Crippen LogP contribution < -0.4 is 5.32 Å². The summed E-state index contributed by atoms with van der Waals surface area (Å²) in [4.78, 5) is 16.1. The Morgan fingerprint density at radius 1 is 1.47 bits per heavy atom. The highest BCUT2D eigenvalue weighted by molar-refractivity contribution is 9.10. The second kappa shape index (κ2) is 6.12. The van der Waals surface area contributed by atoms with Crippen LogP contribution in [0, 0.1) is 0 Å². The maximum atomic E-state index is 11.8. The Hall–Kier alpha value is -1.46. The Bertz CT molecular complexity index is 599. The third-order valence-corrected chi connectivity index (χ3v) is 2.93. The number of pyridine rings is 1. The van der Waals surface area contributed by atoms with E-state index in [1.807, 2.05) is 38.1 Å². The molecule has 0 saturated carbocycles. The fraction of sp³-hybridized carbons (Fsp3) is 0.286. The van der Waals surface area contributed by atoms with Gasteiger partial charge < -0.3 is 10.1 Å². The van der Waals surface area contributed by atoms with Crippen molar-refractivity contribution in [2.45, 2.75) is 20.0 Å². The topological polar surface area (TPSA) is 51.2 Å². The largest absolute Gasteiger partial charge is 0.369 e. The molecule has 1 aromatic carbocycles. The van der Waals surface area contributed by atoms with E-state index in [2.05, 4.69) is 26.2 Å². The number of para-hydroxylation sites is 1. The number of aromatic nitrogens is 1. The first-order valence-electron chi connectivity index (χ1n) is 6.02. The molecule has 0 bridgehead atoms. The molecule has 5 heteroatoms. The quantitative estimate of drug-likeness (QED) is 0.939. The lowest BCUT2D eigenvalue weighted by Crippen LogP contribution is -2.20. The van der Waals surface area contributed by atoms with E-state index in [0.717, 1.165) is 15.4 Å². The van der Waals surface area contributed by atoms with Crippen molar-refractivity contribution in [1.29, 1.82) is 0 Å². The van der Waals surface area contributed by atoms with E-state index in [0.29, 0.717) is 5.69 Å². The number of rotatable bonds is 4. The van der Waals surface area contributed by atoms with Crippen LogP contribution in [0.2, 0.25) is 0 Å². The summed E-state index contributed by atoms with van der Waals surface area (Å²) in [6.45, 7) is 3.83.